The van der Waals surface area contributed by atoms with E-state index < -0.39 is 6.10 Å². The Balaban J connectivity index is 2.29. The van der Waals surface area contributed by atoms with Crippen molar-refractivity contribution < 1.29 is 14.6 Å². The normalized spacial score (nSPS) is 13.4. The van der Waals surface area contributed by atoms with E-state index in [2.05, 4.69) is 5.32 Å². The minimum Gasteiger partial charge on any atom is -0.496 e. The van der Waals surface area contributed by atoms with E-state index in [1.54, 1.807) is 7.11 Å². The van der Waals surface area contributed by atoms with Crippen LogP contribution in [0.15, 0.2) is 54.6 Å². The first-order valence-electron chi connectivity index (χ1n) is 8.18. The van der Waals surface area contributed by atoms with Gasteiger partial charge in [0.2, 0.25) is 5.91 Å². The molecule has 0 aliphatic rings. The maximum absolute atomic E-state index is 12.4. The van der Waals surface area contributed by atoms with E-state index in [4.69, 9.17) is 4.74 Å². The Morgan fingerprint density at radius 2 is 1.71 bits per heavy atom. The van der Waals surface area contributed by atoms with Gasteiger partial charge in [-0.25, -0.2) is 0 Å². The van der Waals surface area contributed by atoms with Crippen LogP contribution in [-0.4, -0.2) is 24.2 Å². The van der Waals surface area contributed by atoms with Crippen LogP contribution >= 0.6 is 0 Å². The molecule has 0 aromatic heterocycles. The highest BCUT2D eigenvalue weighted by atomic mass is 16.5. The fourth-order valence-electron chi connectivity index (χ4n) is 2.54. The third-order valence-corrected chi connectivity index (χ3v) is 4.05. The summed E-state index contributed by atoms with van der Waals surface area (Å²) in [5, 5.41) is 13.0. The topological polar surface area (TPSA) is 58.6 Å². The summed E-state index contributed by atoms with van der Waals surface area (Å²) >= 11 is 0. The summed E-state index contributed by atoms with van der Waals surface area (Å²) in [5.41, 5.74) is 1.85. The summed E-state index contributed by atoms with van der Waals surface area (Å²) in [6.45, 7) is 3.79. The summed E-state index contributed by atoms with van der Waals surface area (Å²) in [6, 6.07) is 17.1. The van der Waals surface area contributed by atoms with Crippen LogP contribution in [0.3, 0.4) is 0 Å². The molecule has 0 fully saturated rings. The predicted molar refractivity (Wildman–Crippen MR) is 94.9 cm³/mol. The third kappa shape index (κ3) is 4.59. The molecule has 0 radical (unpaired) electrons. The smallest absolute Gasteiger partial charge is 0.223 e. The van der Waals surface area contributed by atoms with E-state index in [0.29, 0.717) is 0 Å². The highest BCUT2D eigenvalue weighted by molar-refractivity contribution is 5.77. The Hall–Kier alpha value is -2.33. The molecule has 4 heteroatoms. The van der Waals surface area contributed by atoms with Crippen LogP contribution in [0.2, 0.25) is 0 Å². The van der Waals surface area contributed by atoms with Crippen molar-refractivity contribution in [3.05, 3.63) is 65.7 Å². The van der Waals surface area contributed by atoms with Crippen molar-refractivity contribution in [3.63, 3.8) is 0 Å². The van der Waals surface area contributed by atoms with Crippen LogP contribution in [-0.2, 0) is 4.79 Å². The molecular weight excluding hydrogens is 302 g/mol. The van der Waals surface area contributed by atoms with E-state index >= 15 is 0 Å². The molecular formula is C20H25NO3. The van der Waals surface area contributed by atoms with Gasteiger partial charge in [-0.15, -0.1) is 0 Å². The van der Waals surface area contributed by atoms with Crippen molar-refractivity contribution in [2.45, 2.75) is 32.4 Å². The van der Waals surface area contributed by atoms with Crippen LogP contribution in [0.4, 0.5) is 0 Å². The molecule has 2 N–H and O–H groups in total. The van der Waals surface area contributed by atoms with Crippen molar-refractivity contribution >= 4 is 5.91 Å². The first-order valence-corrected chi connectivity index (χ1v) is 8.18. The molecule has 2 rings (SSSR count). The van der Waals surface area contributed by atoms with Gasteiger partial charge >= 0.3 is 0 Å². The molecule has 0 saturated carbocycles. The number of benzene rings is 2. The maximum atomic E-state index is 12.4. The number of hydrogen-bond donors (Lipinski definition) is 2. The molecule has 0 aliphatic heterocycles. The van der Waals surface area contributed by atoms with Crippen LogP contribution in [0.5, 0.6) is 5.75 Å². The van der Waals surface area contributed by atoms with Gasteiger partial charge in [0.25, 0.3) is 0 Å². The Labute approximate surface area is 143 Å². The monoisotopic (exact) mass is 327 g/mol. The second kappa shape index (κ2) is 8.50. The highest BCUT2D eigenvalue weighted by Crippen LogP contribution is 2.30. The molecule has 128 valence electrons. The predicted octanol–water partition coefficient (Wildman–Crippen LogP) is 3.31. The van der Waals surface area contributed by atoms with E-state index in [0.717, 1.165) is 16.9 Å². The molecule has 2 atom stereocenters. The van der Waals surface area contributed by atoms with Gasteiger partial charge in [-0.2, -0.15) is 0 Å². The number of carbonyl (C=O) groups is 1. The van der Waals surface area contributed by atoms with Gasteiger partial charge in [0.1, 0.15) is 5.75 Å². The number of carbonyl (C=O) groups excluding carboxylic acids is 1. The summed E-state index contributed by atoms with van der Waals surface area (Å²) in [6.07, 6.45) is -0.574. The van der Waals surface area contributed by atoms with Crippen LogP contribution < -0.4 is 10.1 Å². The summed E-state index contributed by atoms with van der Waals surface area (Å²) in [4.78, 5) is 12.4. The minimum atomic E-state index is -0.654. The third-order valence-electron chi connectivity index (χ3n) is 4.05. The van der Waals surface area contributed by atoms with Crippen LogP contribution in [0.25, 0.3) is 0 Å². The van der Waals surface area contributed by atoms with Gasteiger partial charge in [-0.1, -0.05) is 62.4 Å². The zero-order valence-corrected chi connectivity index (χ0v) is 14.4. The van der Waals surface area contributed by atoms with Gasteiger partial charge in [0.15, 0.2) is 0 Å². The number of aliphatic hydroxyl groups excluding tert-OH is 1. The number of nitrogens with one attached hydrogen (secondary N) is 1. The van der Waals surface area contributed by atoms with Gasteiger partial charge in [0, 0.05) is 5.56 Å². The Morgan fingerprint density at radius 3 is 2.33 bits per heavy atom. The second-order valence-electron chi connectivity index (χ2n) is 6.17. The lowest BCUT2D eigenvalue weighted by Crippen LogP contribution is -2.33. The molecule has 24 heavy (non-hydrogen) atoms. The van der Waals surface area contributed by atoms with Crippen molar-refractivity contribution in [1.82, 2.24) is 5.32 Å². The van der Waals surface area contributed by atoms with E-state index in [1.807, 2.05) is 68.4 Å². The lowest BCUT2D eigenvalue weighted by molar-refractivity contribution is -0.124. The maximum Gasteiger partial charge on any atom is 0.223 e. The van der Waals surface area contributed by atoms with Crippen LogP contribution in [0, 0.1) is 5.92 Å². The number of aliphatic hydroxyl groups is 1. The van der Waals surface area contributed by atoms with E-state index in [-0.39, 0.29) is 24.3 Å². The molecule has 1 amide bonds. The van der Waals surface area contributed by atoms with Crippen molar-refractivity contribution in [1.29, 1.82) is 0 Å². The summed E-state index contributed by atoms with van der Waals surface area (Å²) in [7, 11) is 1.62. The first-order chi connectivity index (χ1) is 11.5. The Kier molecular flexibility index (Phi) is 6.38. The van der Waals surface area contributed by atoms with E-state index in [9.17, 15) is 9.90 Å². The molecule has 0 saturated heterocycles. The summed E-state index contributed by atoms with van der Waals surface area (Å²) < 4.78 is 5.45. The minimum absolute atomic E-state index is 0.0391. The Bertz CT molecular complexity index is 655. The molecule has 4 nitrogen and oxygen atoms in total. The number of para-hydroxylation sites is 1. The van der Waals surface area contributed by atoms with E-state index in [1.165, 1.54) is 0 Å². The lowest BCUT2D eigenvalue weighted by Gasteiger charge is -2.23. The first kappa shape index (κ1) is 18.0. The molecule has 2 unspecified atom stereocenters. The molecule has 2 aromatic rings. The number of rotatable bonds is 7. The molecule has 0 bridgehead atoms. The second-order valence-corrected chi connectivity index (χ2v) is 6.17. The number of hydrogen-bond acceptors (Lipinski definition) is 3. The van der Waals surface area contributed by atoms with Gasteiger partial charge < -0.3 is 15.2 Å². The van der Waals surface area contributed by atoms with Crippen molar-refractivity contribution in [3.8, 4) is 5.75 Å². The Morgan fingerprint density at radius 1 is 1.08 bits per heavy atom. The van der Waals surface area contributed by atoms with Crippen molar-refractivity contribution in [2.24, 2.45) is 5.92 Å². The SMILES string of the molecule is COc1ccccc1C(NC(=O)CC(O)C(C)C)c1ccccc1. The molecule has 0 spiro atoms. The highest BCUT2D eigenvalue weighted by Gasteiger charge is 2.22. The zero-order chi connectivity index (χ0) is 17.5. The number of amides is 1. The fourth-order valence-corrected chi connectivity index (χ4v) is 2.54. The van der Waals surface area contributed by atoms with Gasteiger partial charge in [-0.05, 0) is 17.5 Å². The molecule has 0 aliphatic carbocycles. The van der Waals surface area contributed by atoms with Crippen LogP contribution in [0.1, 0.15) is 37.4 Å². The standard InChI is InChI=1S/C20H25NO3/c1-14(2)17(22)13-19(23)21-20(15-9-5-4-6-10-15)16-11-7-8-12-18(16)24-3/h4-12,14,17,20,22H,13H2,1-3H3,(H,21,23). The molecule has 2 aromatic carbocycles. The number of ether oxygens (including phenoxy) is 1. The summed E-state index contributed by atoms with van der Waals surface area (Å²) in [5.74, 6) is 0.573. The van der Waals surface area contributed by atoms with Gasteiger partial charge in [-0.3, -0.25) is 4.79 Å². The average molecular weight is 327 g/mol. The average Bonchev–Trinajstić information content (AvgIpc) is 2.60. The number of methoxy groups -OCH3 is 1. The quantitative estimate of drug-likeness (QED) is 0.820. The lowest BCUT2D eigenvalue weighted by atomic mass is 9.97. The fraction of sp³-hybridized carbons (Fsp3) is 0.350. The van der Waals surface area contributed by atoms with Gasteiger partial charge in [0.05, 0.1) is 25.7 Å². The van der Waals surface area contributed by atoms with Crippen molar-refractivity contribution in [2.75, 3.05) is 7.11 Å². The zero-order valence-electron chi connectivity index (χ0n) is 14.4. The molecule has 0 heterocycles. The largest absolute Gasteiger partial charge is 0.496 e.